The summed E-state index contributed by atoms with van der Waals surface area (Å²) in [6, 6.07) is 6.06. The third kappa shape index (κ3) is 1.35. The van der Waals surface area contributed by atoms with Crippen molar-refractivity contribution in [3.63, 3.8) is 0 Å². The van der Waals surface area contributed by atoms with E-state index in [1.807, 2.05) is 36.2 Å². The summed E-state index contributed by atoms with van der Waals surface area (Å²) in [7, 11) is 0. The van der Waals surface area contributed by atoms with Crippen molar-refractivity contribution in [2.24, 2.45) is 4.99 Å². The van der Waals surface area contributed by atoms with Crippen LogP contribution in [-0.2, 0) is 0 Å². The van der Waals surface area contributed by atoms with Gasteiger partial charge in [-0.05, 0) is 37.5 Å². The molecule has 0 bridgehead atoms. The Hall–Kier alpha value is -1.64. The van der Waals surface area contributed by atoms with Gasteiger partial charge in [0.25, 0.3) is 5.91 Å². The van der Waals surface area contributed by atoms with Crippen LogP contribution in [0.5, 0.6) is 0 Å². The van der Waals surface area contributed by atoms with Crippen LogP contribution < -0.4 is 0 Å². The monoisotopic (exact) mass is 214 g/mol. The molecule has 3 heteroatoms. The SMILES string of the molecule is Cc1ccc2c(c1)N=C[C@@H]1CCCN1C2=O. The molecule has 1 aromatic rings. The molecule has 0 saturated carbocycles. The van der Waals surface area contributed by atoms with Gasteiger partial charge in [0.05, 0.1) is 17.3 Å². The fourth-order valence-corrected chi connectivity index (χ4v) is 2.45. The van der Waals surface area contributed by atoms with E-state index in [-0.39, 0.29) is 11.9 Å². The van der Waals surface area contributed by atoms with Gasteiger partial charge in [0.15, 0.2) is 0 Å². The number of benzene rings is 1. The Labute approximate surface area is 94.8 Å². The summed E-state index contributed by atoms with van der Waals surface area (Å²) in [6.07, 6.45) is 4.06. The molecule has 3 nitrogen and oxygen atoms in total. The fourth-order valence-electron chi connectivity index (χ4n) is 2.45. The smallest absolute Gasteiger partial charge is 0.256 e. The van der Waals surface area contributed by atoms with Crippen LogP contribution in [0.1, 0.15) is 28.8 Å². The number of hydrogen-bond acceptors (Lipinski definition) is 2. The van der Waals surface area contributed by atoms with Gasteiger partial charge in [0.2, 0.25) is 0 Å². The summed E-state index contributed by atoms with van der Waals surface area (Å²) < 4.78 is 0. The quantitative estimate of drug-likeness (QED) is 0.652. The van der Waals surface area contributed by atoms with Crippen molar-refractivity contribution in [1.82, 2.24) is 4.90 Å². The van der Waals surface area contributed by atoms with Crippen LogP contribution in [0.4, 0.5) is 5.69 Å². The molecule has 1 atom stereocenters. The number of nitrogens with zero attached hydrogens (tertiary/aromatic N) is 2. The number of carbonyl (C=O) groups excluding carboxylic acids is 1. The zero-order valence-electron chi connectivity index (χ0n) is 9.31. The Morgan fingerprint density at radius 2 is 2.31 bits per heavy atom. The zero-order chi connectivity index (χ0) is 11.1. The van der Waals surface area contributed by atoms with Crippen LogP contribution in [-0.4, -0.2) is 29.6 Å². The molecular weight excluding hydrogens is 200 g/mol. The standard InChI is InChI=1S/C13H14N2O/c1-9-4-5-11-12(7-9)14-8-10-3-2-6-15(10)13(11)16/h4-5,7-8,10H,2-3,6H2,1H3/t10-/m0/s1. The molecule has 0 aliphatic carbocycles. The van der Waals surface area contributed by atoms with Crippen LogP contribution in [0.15, 0.2) is 23.2 Å². The maximum absolute atomic E-state index is 12.3. The van der Waals surface area contributed by atoms with Gasteiger partial charge in [-0.15, -0.1) is 0 Å². The largest absolute Gasteiger partial charge is 0.331 e. The average molecular weight is 214 g/mol. The Bertz CT molecular complexity index is 479. The highest BCUT2D eigenvalue weighted by atomic mass is 16.2. The molecule has 1 aromatic carbocycles. The topological polar surface area (TPSA) is 32.7 Å². The first-order valence-electron chi connectivity index (χ1n) is 5.71. The van der Waals surface area contributed by atoms with Crippen molar-refractivity contribution in [3.8, 4) is 0 Å². The highest BCUT2D eigenvalue weighted by Gasteiger charge is 2.31. The first-order chi connectivity index (χ1) is 7.75. The molecule has 1 fully saturated rings. The van der Waals surface area contributed by atoms with E-state index in [1.54, 1.807) is 0 Å². The number of amides is 1. The van der Waals surface area contributed by atoms with Gasteiger partial charge in [0.1, 0.15) is 0 Å². The third-order valence-corrected chi connectivity index (χ3v) is 3.33. The molecule has 2 aliphatic rings. The van der Waals surface area contributed by atoms with E-state index in [2.05, 4.69) is 4.99 Å². The van der Waals surface area contributed by atoms with E-state index in [9.17, 15) is 4.79 Å². The van der Waals surface area contributed by atoms with Crippen molar-refractivity contribution in [2.45, 2.75) is 25.8 Å². The van der Waals surface area contributed by atoms with Gasteiger partial charge < -0.3 is 4.90 Å². The molecule has 2 aliphatic heterocycles. The van der Waals surface area contributed by atoms with E-state index in [4.69, 9.17) is 0 Å². The first-order valence-corrected chi connectivity index (χ1v) is 5.71. The molecular formula is C13H14N2O. The number of hydrogen-bond donors (Lipinski definition) is 0. The predicted octanol–water partition coefficient (Wildman–Crippen LogP) is 2.32. The molecule has 0 N–H and O–H groups in total. The van der Waals surface area contributed by atoms with Crippen LogP contribution in [0.2, 0.25) is 0 Å². The molecule has 3 rings (SSSR count). The third-order valence-electron chi connectivity index (χ3n) is 3.33. The van der Waals surface area contributed by atoms with Gasteiger partial charge in [-0.2, -0.15) is 0 Å². The number of fused-ring (bicyclic) bond motifs is 2. The normalized spacial score (nSPS) is 22.9. The summed E-state index contributed by atoms with van der Waals surface area (Å²) in [5.41, 5.74) is 2.71. The van der Waals surface area contributed by atoms with E-state index < -0.39 is 0 Å². The van der Waals surface area contributed by atoms with Crippen LogP contribution in [0, 0.1) is 6.92 Å². The summed E-state index contributed by atoms with van der Waals surface area (Å²) in [5, 5.41) is 0. The van der Waals surface area contributed by atoms with Gasteiger partial charge in [-0.3, -0.25) is 9.79 Å². The molecule has 1 amide bonds. The minimum Gasteiger partial charge on any atom is -0.331 e. The summed E-state index contributed by atoms with van der Waals surface area (Å²) in [5.74, 6) is 0.134. The van der Waals surface area contributed by atoms with Gasteiger partial charge in [0, 0.05) is 12.8 Å². The van der Waals surface area contributed by atoms with E-state index in [0.717, 1.165) is 36.2 Å². The lowest BCUT2D eigenvalue weighted by Crippen LogP contribution is -2.35. The second-order valence-corrected chi connectivity index (χ2v) is 4.51. The number of carbonyl (C=O) groups is 1. The van der Waals surface area contributed by atoms with Gasteiger partial charge >= 0.3 is 0 Å². The molecule has 2 heterocycles. The average Bonchev–Trinajstić information content (AvgIpc) is 2.69. The zero-order valence-corrected chi connectivity index (χ0v) is 9.31. The van der Waals surface area contributed by atoms with Crippen LogP contribution >= 0.6 is 0 Å². The van der Waals surface area contributed by atoms with Crippen molar-refractivity contribution in [1.29, 1.82) is 0 Å². The second-order valence-electron chi connectivity index (χ2n) is 4.51. The maximum atomic E-state index is 12.3. The molecule has 82 valence electrons. The Balaban J connectivity index is 2.12. The minimum atomic E-state index is 0.134. The Morgan fingerprint density at radius 3 is 3.19 bits per heavy atom. The second kappa shape index (κ2) is 3.44. The lowest BCUT2D eigenvalue weighted by atomic mass is 10.1. The molecule has 0 aromatic heterocycles. The Kier molecular flexibility index (Phi) is 2.06. The number of aryl methyl sites for hydroxylation is 1. The maximum Gasteiger partial charge on any atom is 0.256 e. The van der Waals surface area contributed by atoms with Crippen molar-refractivity contribution in [2.75, 3.05) is 6.54 Å². The van der Waals surface area contributed by atoms with Crippen LogP contribution in [0.3, 0.4) is 0 Å². The molecule has 0 radical (unpaired) electrons. The summed E-state index contributed by atoms with van der Waals surface area (Å²) in [6.45, 7) is 2.88. The Morgan fingerprint density at radius 1 is 1.44 bits per heavy atom. The van der Waals surface area contributed by atoms with Crippen molar-refractivity contribution in [3.05, 3.63) is 29.3 Å². The fraction of sp³-hybridized carbons (Fsp3) is 0.385. The summed E-state index contributed by atoms with van der Waals surface area (Å²) >= 11 is 0. The van der Waals surface area contributed by atoms with Crippen molar-refractivity contribution >= 4 is 17.8 Å². The van der Waals surface area contributed by atoms with E-state index >= 15 is 0 Å². The predicted molar refractivity (Wildman–Crippen MR) is 63.4 cm³/mol. The minimum absolute atomic E-state index is 0.134. The molecule has 0 spiro atoms. The highest BCUT2D eigenvalue weighted by molar-refractivity contribution is 6.02. The van der Waals surface area contributed by atoms with E-state index in [1.165, 1.54) is 0 Å². The molecule has 1 saturated heterocycles. The van der Waals surface area contributed by atoms with Gasteiger partial charge in [-0.1, -0.05) is 6.07 Å². The molecule has 16 heavy (non-hydrogen) atoms. The lowest BCUT2D eigenvalue weighted by Gasteiger charge is -2.19. The molecule has 0 unspecified atom stereocenters. The van der Waals surface area contributed by atoms with E-state index in [0.29, 0.717) is 0 Å². The van der Waals surface area contributed by atoms with Crippen LogP contribution in [0.25, 0.3) is 0 Å². The highest BCUT2D eigenvalue weighted by Crippen LogP contribution is 2.29. The first kappa shape index (κ1) is 9.58. The lowest BCUT2D eigenvalue weighted by molar-refractivity contribution is 0.0775. The number of aliphatic imine (C=N–C) groups is 1. The number of rotatable bonds is 0. The summed E-state index contributed by atoms with van der Waals surface area (Å²) in [4.78, 5) is 18.7. The van der Waals surface area contributed by atoms with Crippen molar-refractivity contribution < 1.29 is 4.79 Å². The van der Waals surface area contributed by atoms with Gasteiger partial charge in [-0.25, -0.2) is 0 Å².